The van der Waals surface area contributed by atoms with Crippen molar-refractivity contribution in [2.75, 3.05) is 5.32 Å². The maximum atomic E-state index is 12.1. The molecule has 24 heavy (non-hydrogen) atoms. The van der Waals surface area contributed by atoms with Gasteiger partial charge >= 0.3 is 0 Å². The van der Waals surface area contributed by atoms with Gasteiger partial charge in [-0.1, -0.05) is 11.6 Å². The number of rotatable bonds is 3. The molecule has 3 aromatic heterocycles. The van der Waals surface area contributed by atoms with Crippen LogP contribution >= 0.6 is 11.6 Å². The standard InChI is InChI=1S/C16H10ClN5O2/c17-11-4-3-9(20-15(23)12-5-7-19-22-12)8-10(11)16-21-14-13(24-16)2-1-6-18-14/h1-8H,(H,19,22)(H,20,23). The Kier molecular flexibility index (Phi) is 3.47. The van der Waals surface area contributed by atoms with Crippen LogP contribution < -0.4 is 5.32 Å². The van der Waals surface area contributed by atoms with Crippen molar-refractivity contribution in [2.24, 2.45) is 0 Å². The summed E-state index contributed by atoms with van der Waals surface area (Å²) in [6.07, 6.45) is 3.14. The molecule has 0 saturated heterocycles. The molecule has 0 radical (unpaired) electrons. The number of amides is 1. The second kappa shape index (κ2) is 5.78. The van der Waals surface area contributed by atoms with Crippen LogP contribution in [-0.2, 0) is 0 Å². The predicted molar refractivity (Wildman–Crippen MR) is 88.8 cm³/mol. The van der Waals surface area contributed by atoms with E-state index in [2.05, 4.69) is 25.5 Å². The summed E-state index contributed by atoms with van der Waals surface area (Å²) in [5.74, 6) is 0.0337. The van der Waals surface area contributed by atoms with Crippen molar-refractivity contribution in [1.29, 1.82) is 0 Å². The Labute approximate surface area is 140 Å². The molecule has 0 aliphatic heterocycles. The Morgan fingerprint density at radius 1 is 1.21 bits per heavy atom. The Morgan fingerprint density at radius 2 is 2.12 bits per heavy atom. The molecule has 0 bridgehead atoms. The zero-order valence-corrected chi connectivity index (χ0v) is 12.9. The Hall–Kier alpha value is -3.19. The molecule has 0 spiro atoms. The normalized spacial score (nSPS) is 10.9. The Balaban J connectivity index is 1.69. The van der Waals surface area contributed by atoms with Gasteiger partial charge in [-0.05, 0) is 36.4 Å². The minimum atomic E-state index is -0.306. The molecule has 0 fully saturated rings. The van der Waals surface area contributed by atoms with Gasteiger partial charge in [0.25, 0.3) is 5.91 Å². The quantitative estimate of drug-likeness (QED) is 0.595. The predicted octanol–water partition coefficient (Wildman–Crippen LogP) is 3.52. The third kappa shape index (κ3) is 2.61. The summed E-state index contributed by atoms with van der Waals surface area (Å²) in [6.45, 7) is 0. The lowest BCUT2D eigenvalue weighted by molar-refractivity contribution is 0.102. The van der Waals surface area contributed by atoms with Crippen molar-refractivity contribution >= 4 is 34.4 Å². The second-order valence-corrected chi connectivity index (χ2v) is 5.37. The first-order valence-corrected chi connectivity index (χ1v) is 7.41. The molecule has 2 N–H and O–H groups in total. The highest BCUT2D eigenvalue weighted by Gasteiger charge is 2.14. The number of benzene rings is 1. The molecule has 8 heteroatoms. The van der Waals surface area contributed by atoms with Crippen molar-refractivity contribution < 1.29 is 9.21 Å². The number of H-pyrrole nitrogens is 1. The molecule has 118 valence electrons. The van der Waals surface area contributed by atoms with E-state index >= 15 is 0 Å². The first-order chi connectivity index (χ1) is 11.7. The van der Waals surface area contributed by atoms with Gasteiger partial charge in [0.15, 0.2) is 11.2 Å². The number of aromatic nitrogens is 4. The summed E-state index contributed by atoms with van der Waals surface area (Å²) in [6, 6.07) is 10.2. The highest BCUT2D eigenvalue weighted by Crippen LogP contribution is 2.31. The molecular formula is C16H10ClN5O2. The van der Waals surface area contributed by atoms with Gasteiger partial charge in [-0.3, -0.25) is 9.89 Å². The highest BCUT2D eigenvalue weighted by atomic mass is 35.5. The lowest BCUT2D eigenvalue weighted by Gasteiger charge is -2.06. The molecule has 7 nitrogen and oxygen atoms in total. The lowest BCUT2D eigenvalue weighted by atomic mass is 10.2. The number of nitrogens with one attached hydrogen (secondary N) is 2. The number of hydrogen-bond donors (Lipinski definition) is 2. The molecule has 0 atom stereocenters. The maximum absolute atomic E-state index is 12.1. The molecule has 0 unspecified atom stereocenters. The van der Waals surface area contributed by atoms with E-state index < -0.39 is 0 Å². The van der Waals surface area contributed by atoms with Crippen LogP contribution in [0.4, 0.5) is 5.69 Å². The van der Waals surface area contributed by atoms with Crippen LogP contribution in [0.15, 0.2) is 53.2 Å². The third-order valence-electron chi connectivity index (χ3n) is 3.36. The van der Waals surface area contributed by atoms with Crippen molar-refractivity contribution in [1.82, 2.24) is 20.2 Å². The van der Waals surface area contributed by atoms with E-state index in [0.717, 1.165) is 0 Å². The number of carbonyl (C=O) groups is 1. The first kappa shape index (κ1) is 14.4. The van der Waals surface area contributed by atoms with Gasteiger partial charge in [0, 0.05) is 18.1 Å². The van der Waals surface area contributed by atoms with Crippen molar-refractivity contribution in [2.45, 2.75) is 0 Å². The largest absolute Gasteiger partial charge is 0.434 e. The average Bonchev–Trinajstić information content (AvgIpc) is 3.25. The van der Waals surface area contributed by atoms with Crippen LogP contribution in [-0.4, -0.2) is 26.1 Å². The number of carbonyl (C=O) groups excluding carboxylic acids is 1. The summed E-state index contributed by atoms with van der Waals surface area (Å²) in [7, 11) is 0. The number of fused-ring (bicyclic) bond motifs is 1. The number of anilines is 1. The fourth-order valence-electron chi connectivity index (χ4n) is 2.23. The number of oxazole rings is 1. The Morgan fingerprint density at radius 3 is 2.92 bits per heavy atom. The van der Waals surface area contributed by atoms with Crippen molar-refractivity contribution in [3.8, 4) is 11.5 Å². The van der Waals surface area contributed by atoms with E-state index in [0.29, 0.717) is 39.1 Å². The minimum absolute atomic E-state index is 0.306. The van der Waals surface area contributed by atoms with Gasteiger partial charge < -0.3 is 9.73 Å². The van der Waals surface area contributed by atoms with Gasteiger partial charge in [-0.2, -0.15) is 10.1 Å². The summed E-state index contributed by atoms with van der Waals surface area (Å²) in [5.41, 5.74) is 2.55. The van der Waals surface area contributed by atoms with E-state index in [1.807, 2.05) is 0 Å². The van der Waals surface area contributed by atoms with Crippen molar-refractivity contribution in [3.63, 3.8) is 0 Å². The van der Waals surface area contributed by atoms with E-state index in [-0.39, 0.29) is 5.91 Å². The molecule has 0 aliphatic carbocycles. The zero-order chi connectivity index (χ0) is 16.5. The lowest BCUT2D eigenvalue weighted by Crippen LogP contribution is -2.12. The van der Waals surface area contributed by atoms with Gasteiger partial charge in [0.1, 0.15) is 5.69 Å². The molecule has 0 aliphatic rings. The molecule has 4 rings (SSSR count). The van der Waals surface area contributed by atoms with Crippen LogP contribution in [0.5, 0.6) is 0 Å². The van der Waals surface area contributed by atoms with Gasteiger partial charge in [0.2, 0.25) is 5.89 Å². The fourth-order valence-corrected chi connectivity index (χ4v) is 2.43. The number of hydrogen-bond acceptors (Lipinski definition) is 5. The highest BCUT2D eigenvalue weighted by molar-refractivity contribution is 6.33. The third-order valence-corrected chi connectivity index (χ3v) is 3.69. The summed E-state index contributed by atoms with van der Waals surface area (Å²) < 4.78 is 5.68. The topological polar surface area (TPSA) is 96.7 Å². The maximum Gasteiger partial charge on any atom is 0.273 e. The van der Waals surface area contributed by atoms with E-state index in [9.17, 15) is 4.79 Å². The minimum Gasteiger partial charge on any atom is -0.434 e. The molecule has 4 aromatic rings. The van der Waals surface area contributed by atoms with Crippen molar-refractivity contribution in [3.05, 3.63) is 59.5 Å². The van der Waals surface area contributed by atoms with Crippen LogP contribution in [0.1, 0.15) is 10.5 Å². The second-order valence-electron chi connectivity index (χ2n) is 4.96. The number of aromatic amines is 1. The van der Waals surface area contributed by atoms with Gasteiger partial charge in [0.05, 0.1) is 10.6 Å². The number of pyridine rings is 1. The first-order valence-electron chi connectivity index (χ1n) is 7.03. The summed E-state index contributed by atoms with van der Waals surface area (Å²) in [4.78, 5) is 20.5. The molecule has 3 heterocycles. The zero-order valence-electron chi connectivity index (χ0n) is 12.2. The monoisotopic (exact) mass is 339 g/mol. The van der Waals surface area contributed by atoms with Crippen LogP contribution in [0.3, 0.4) is 0 Å². The molecule has 0 saturated carbocycles. The van der Waals surface area contributed by atoms with E-state index in [1.54, 1.807) is 42.6 Å². The van der Waals surface area contributed by atoms with Gasteiger partial charge in [-0.25, -0.2) is 4.98 Å². The van der Waals surface area contributed by atoms with E-state index in [1.165, 1.54) is 6.20 Å². The molecule has 1 amide bonds. The van der Waals surface area contributed by atoms with Gasteiger partial charge in [-0.15, -0.1) is 0 Å². The summed E-state index contributed by atoms with van der Waals surface area (Å²) in [5, 5.41) is 9.58. The fraction of sp³-hybridized carbons (Fsp3) is 0. The molecule has 1 aromatic carbocycles. The number of halogens is 1. The number of nitrogens with zero attached hydrogens (tertiary/aromatic N) is 3. The van der Waals surface area contributed by atoms with Crippen LogP contribution in [0.2, 0.25) is 5.02 Å². The molecular weight excluding hydrogens is 330 g/mol. The average molecular weight is 340 g/mol. The summed E-state index contributed by atoms with van der Waals surface area (Å²) >= 11 is 6.25. The van der Waals surface area contributed by atoms with Crippen LogP contribution in [0, 0.1) is 0 Å². The van der Waals surface area contributed by atoms with E-state index in [4.69, 9.17) is 16.0 Å². The Bertz CT molecular complexity index is 993. The van der Waals surface area contributed by atoms with Crippen LogP contribution in [0.25, 0.3) is 22.7 Å². The smallest absolute Gasteiger partial charge is 0.273 e. The SMILES string of the molecule is O=C(Nc1ccc(Cl)c(-c2nc3ncccc3o2)c1)c1ccn[nH]1.